The number of hydrogen-bond acceptors (Lipinski definition) is 7. The minimum absolute atomic E-state index is 0.0609. The molecule has 4 atom stereocenters. The summed E-state index contributed by atoms with van der Waals surface area (Å²) in [4.78, 5) is 77.3. The third-order valence-corrected chi connectivity index (χ3v) is 7.81. The second-order valence-electron chi connectivity index (χ2n) is 11.9. The Bertz CT molecular complexity index is 1560. The first-order valence-corrected chi connectivity index (χ1v) is 16.5. The molecular weight excluding hydrogens is 640 g/mol. The molecule has 50 heavy (non-hydrogen) atoms. The summed E-state index contributed by atoms with van der Waals surface area (Å²) in [7, 11) is 0. The van der Waals surface area contributed by atoms with Gasteiger partial charge < -0.3 is 37.4 Å². The van der Waals surface area contributed by atoms with Gasteiger partial charge in [-0.1, -0.05) is 91.0 Å². The van der Waals surface area contributed by atoms with Crippen LogP contribution in [0.15, 0.2) is 91.0 Å². The van der Waals surface area contributed by atoms with E-state index in [2.05, 4.69) is 26.6 Å². The Morgan fingerprint density at radius 2 is 1.00 bits per heavy atom. The Balaban J connectivity index is 1.79. The summed E-state index contributed by atoms with van der Waals surface area (Å²) in [5.41, 5.74) is 7.75. The van der Waals surface area contributed by atoms with Gasteiger partial charge in [0.25, 0.3) is 0 Å². The van der Waals surface area contributed by atoms with Gasteiger partial charge in [0.1, 0.15) is 24.2 Å². The molecular formula is C37H46N6O7. The molecule has 0 heterocycles. The lowest BCUT2D eigenvalue weighted by Gasteiger charge is -2.25. The predicted molar refractivity (Wildman–Crippen MR) is 187 cm³/mol. The molecule has 8 N–H and O–H groups in total. The molecule has 13 nitrogen and oxygen atoms in total. The van der Waals surface area contributed by atoms with Crippen molar-refractivity contribution in [2.24, 2.45) is 5.73 Å². The summed E-state index contributed by atoms with van der Waals surface area (Å²) < 4.78 is 0. The van der Waals surface area contributed by atoms with E-state index in [0.29, 0.717) is 19.4 Å². The van der Waals surface area contributed by atoms with Crippen LogP contribution in [0, 0.1) is 0 Å². The van der Waals surface area contributed by atoms with Gasteiger partial charge in [-0.3, -0.25) is 24.0 Å². The number of nitrogens with two attached hydrogens (primary N) is 1. The van der Waals surface area contributed by atoms with E-state index in [9.17, 15) is 33.9 Å². The zero-order valence-corrected chi connectivity index (χ0v) is 28.1. The van der Waals surface area contributed by atoms with Gasteiger partial charge >= 0.3 is 5.97 Å². The summed E-state index contributed by atoms with van der Waals surface area (Å²) in [5.74, 6) is -4.25. The SMILES string of the molecule is CC(=O)N[C@@H](Cc1ccccc1)C(=O)N[C@@H](Cc1ccccc1)C(=O)N[C@@H](Cc1ccccc1)C(=O)NCC(=O)N[C@@H](CCCCN)C(=O)O. The minimum Gasteiger partial charge on any atom is -0.480 e. The number of rotatable bonds is 20. The van der Waals surface area contributed by atoms with Crippen molar-refractivity contribution in [2.75, 3.05) is 13.1 Å². The number of carboxylic acids is 1. The number of carbonyl (C=O) groups excluding carboxylic acids is 5. The molecule has 0 saturated carbocycles. The molecule has 0 fully saturated rings. The van der Waals surface area contributed by atoms with Crippen molar-refractivity contribution in [3.8, 4) is 0 Å². The van der Waals surface area contributed by atoms with Gasteiger partial charge in [0.05, 0.1) is 6.54 Å². The van der Waals surface area contributed by atoms with Crippen LogP contribution in [0.2, 0.25) is 0 Å². The molecule has 0 aromatic heterocycles. The number of unbranched alkanes of at least 4 members (excludes halogenated alkanes) is 1. The second kappa shape index (κ2) is 20.7. The van der Waals surface area contributed by atoms with E-state index in [4.69, 9.17) is 5.73 Å². The summed E-state index contributed by atoms with van der Waals surface area (Å²) >= 11 is 0. The van der Waals surface area contributed by atoms with E-state index in [1.807, 2.05) is 36.4 Å². The fourth-order valence-corrected chi connectivity index (χ4v) is 5.25. The van der Waals surface area contributed by atoms with Crippen molar-refractivity contribution >= 4 is 35.5 Å². The van der Waals surface area contributed by atoms with Crippen LogP contribution in [-0.4, -0.2) is 77.9 Å². The fraction of sp³-hybridized carbons (Fsp3) is 0.351. The molecule has 3 aromatic rings. The highest BCUT2D eigenvalue weighted by molar-refractivity contribution is 5.95. The van der Waals surface area contributed by atoms with Crippen LogP contribution in [0.4, 0.5) is 0 Å². The molecule has 0 radical (unpaired) electrons. The monoisotopic (exact) mass is 686 g/mol. The lowest BCUT2D eigenvalue weighted by Crippen LogP contribution is -2.58. The Kier molecular flexibility index (Phi) is 16.1. The van der Waals surface area contributed by atoms with Gasteiger partial charge in [0.15, 0.2) is 0 Å². The normalized spacial score (nSPS) is 13.1. The first-order chi connectivity index (χ1) is 24.0. The highest BCUT2D eigenvalue weighted by Gasteiger charge is 2.30. The van der Waals surface area contributed by atoms with Gasteiger partial charge in [0.2, 0.25) is 29.5 Å². The van der Waals surface area contributed by atoms with Crippen LogP contribution >= 0.6 is 0 Å². The van der Waals surface area contributed by atoms with Crippen LogP contribution in [-0.2, 0) is 48.0 Å². The number of hydrogen-bond donors (Lipinski definition) is 7. The Morgan fingerprint density at radius 1 is 0.580 bits per heavy atom. The Hall–Kier alpha value is -5.56. The molecule has 0 bridgehead atoms. The molecule has 0 saturated heterocycles. The number of amides is 5. The van der Waals surface area contributed by atoms with Crippen LogP contribution in [0.25, 0.3) is 0 Å². The maximum absolute atomic E-state index is 13.9. The highest BCUT2D eigenvalue weighted by atomic mass is 16.4. The van der Waals surface area contributed by atoms with Crippen molar-refractivity contribution in [1.29, 1.82) is 0 Å². The quantitative estimate of drug-likeness (QED) is 0.0851. The number of aliphatic carboxylic acids is 1. The van der Waals surface area contributed by atoms with E-state index in [1.165, 1.54) is 6.92 Å². The zero-order valence-electron chi connectivity index (χ0n) is 28.1. The predicted octanol–water partition coefficient (Wildman–Crippen LogP) is 1.00. The summed E-state index contributed by atoms with van der Waals surface area (Å²) in [6, 6.07) is 22.6. The van der Waals surface area contributed by atoms with Crippen LogP contribution in [0.1, 0.15) is 42.9 Å². The first-order valence-electron chi connectivity index (χ1n) is 16.5. The number of benzene rings is 3. The number of carbonyl (C=O) groups is 6. The summed E-state index contributed by atoms with van der Waals surface area (Å²) in [5, 5.41) is 22.6. The first kappa shape index (κ1) is 38.9. The average molecular weight is 687 g/mol. The van der Waals surface area contributed by atoms with Crippen molar-refractivity contribution in [2.45, 2.75) is 69.6 Å². The topological polar surface area (TPSA) is 209 Å². The fourth-order valence-electron chi connectivity index (χ4n) is 5.25. The van der Waals surface area contributed by atoms with Gasteiger partial charge in [-0.25, -0.2) is 4.79 Å². The van der Waals surface area contributed by atoms with Crippen molar-refractivity contribution in [1.82, 2.24) is 26.6 Å². The maximum Gasteiger partial charge on any atom is 0.326 e. The second-order valence-corrected chi connectivity index (χ2v) is 11.9. The van der Waals surface area contributed by atoms with Gasteiger partial charge in [0, 0.05) is 26.2 Å². The lowest BCUT2D eigenvalue weighted by atomic mass is 10.0. The molecule has 0 spiro atoms. The van der Waals surface area contributed by atoms with Crippen molar-refractivity contribution in [3.63, 3.8) is 0 Å². The average Bonchev–Trinajstić information content (AvgIpc) is 3.10. The highest BCUT2D eigenvalue weighted by Crippen LogP contribution is 2.09. The largest absolute Gasteiger partial charge is 0.480 e. The third-order valence-electron chi connectivity index (χ3n) is 7.81. The summed E-state index contributed by atoms with van der Waals surface area (Å²) in [6.07, 6.45) is 1.61. The molecule has 3 aromatic carbocycles. The summed E-state index contributed by atoms with van der Waals surface area (Å²) in [6.45, 7) is 1.17. The van der Waals surface area contributed by atoms with Crippen molar-refractivity contribution < 1.29 is 33.9 Å². The van der Waals surface area contributed by atoms with Crippen molar-refractivity contribution in [3.05, 3.63) is 108 Å². The van der Waals surface area contributed by atoms with E-state index in [0.717, 1.165) is 16.7 Å². The molecule has 5 amide bonds. The molecule has 0 aliphatic heterocycles. The van der Waals surface area contributed by atoms with E-state index in [-0.39, 0.29) is 25.7 Å². The van der Waals surface area contributed by atoms with Crippen LogP contribution in [0.5, 0.6) is 0 Å². The number of nitrogens with one attached hydrogen (secondary N) is 5. The molecule has 266 valence electrons. The standard InChI is InChI=1S/C37H46N6O7/c1-25(44)40-31(22-27-15-7-3-8-16-27)35(47)43-32(23-28-17-9-4-10-18-28)36(48)42-30(21-26-13-5-2-6-14-26)34(46)39-24-33(45)41-29(37(49)50)19-11-12-20-38/h2-10,13-18,29-32H,11-12,19-24,38H2,1H3,(H,39,46)(H,40,44)(H,41,45)(H,42,48)(H,43,47)(H,49,50)/t29-,30-,31-,32-/m0/s1. The Morgan fingerprint density at radius 3 is 1.40 bits per heavy atom. The molecule has 0 unspecified atom stereocenters. The molecule has 0 aliphatic carbocycles. The smallest absolute Gasteiger partial charge is 0.326 e. The molecule has 13 heteroatoms. The van der Waals surface area contributed by atoms with E-state index >= 15 is 0 Å². The number of carboxylic acid groups (broad SMARTS) is 1. The van der Waals surface area contributed by atoms with Crippen LogP contribution in [0.3, 0.4) is 0 Å². The Labute approximate surface area is 291 Å². The lowest BCUT2D eigenvalue weighted by molar-refractivity contribution is -0.142. The van der Waals surface area contributed by atoms with Crippen LogP contribution < -0.4 is 32.3 Å². The van der Waals surface area contributed by atoms with Gasteiger partial charge in [-0.05, 0) is 42.5 Å². The third kappa shape index (κ3) is 13.9. The van der Waals surface area contributed by atoms with Gasteiger partial charge in [-0.2, -0.15) is 0 Å². The van der Waals surface area contributed by atoms with E-state index < -0.39 is 66.2 Å². The van der Waals surface area contributed by atoms with E-state index in [1.54, 1.807) is 54.6 Å². The molecule has 3 rings (SSSR count). The van der Waals surface area contributed by atoms with Gasteiger partial charge in [-0.15, -0.1) is 0 Å². The maximum atomic E-state index is 13.9. The zero-order chi connectivity index (χ0) is 36.3. The molecule has 0 aliphatic rings. The minimum atomic E-state index is -1.20.